The molecule has 0 saturated carbocycles. The van der Waals surface area contributed by atoms with Crippen molar-refractivity contribution in [3.63, 3.8) is 0 Å². The smallest absolute Gasteiger partial charge is 0.0174 e. The molecule has 0 aliphatic rings. The maximum atomic E-state index is 2.28. The van der Waals surface area contributed by atoms with Gasteiger partial charge in [-0.2, -0.15) is 0 Å². The molecule has 0 N–H and O–H groups in total. The van der Waals surface area contributed by atoms with Gasteiger partial charge in [0.05, 0.1) is 0 Å². The van der Waals surface area contributed by atoms with Crippen molar-refractivity contribution < 1.29 is 0 Å². The molecule has 0 atom stereocenters. The second kappa shape index (κ2) is 6.23. The first-order valence-corrected chi connectivity index (χ1v) is 4.26. The number of likely N-dealkylation sites (N-methyl/N-ethyl adjacent to an activating group) is 1. The van der Waals surface area contributed by atoms with Crippen LogP contribution in [0.1, 0.15) is 13.8 Å². The molecule has 11 heavy (non-hydrogen) atoms. The summed E-state index contributed by atoms with van der Waals surface area (Å²) in [5, 5.41) is 0. The molecule has 0 aliphatic heterocycles. The van der Waals surface area contributed by atoms with E-state index in [1.54, 1.807) is 0 Å². The van der Waals surface area contributed by atoms with Crippen LogP contribution in [0, 0.1) is 0 Å². The SMILES string of the molecule is CCN(C=CCN(C)C)CC. The van der Waals surface area contributed by atoms with E-state index in [9.17, 15) is 0 Å². The molecule has 0 amide bonds. The van der Waals surface area contributed by atoms with E-state index < -0.39 is 0 Å². The van der Waals surface area contributed by atoms with E-state index >= 15 is 0 Å². The molecule has 0 aromatic heterocycles. The van der Waals surface area contributed by atoms with Gasteiger partial charge < -0.3 is 9.80 Å². The standard InChI is InChI=1S/C9H20N2/c1-5-11(6-2)9-7-8-10(3)4/h7,9H,5-6,8H2,1-4H3. The molecule has 0 unspecified atom stereocenters. The number of nitrogens with zero attached hydrogens (tertiary/aromatic N) is 2. The molecule has 0 aliphatic carbocycles. The minimum Gasteiger partial charge on any atom is -0.378 e. The minimum absolute atomic E-state index is 1.02. The molecule has 0 spiro atoms. The van der Waals surface area contributed by atoms with E-state index in [2.05, 4.69) is 50.0 Å². The zero-order valence-corrected chi connectivity index (χ0v) is 8.17. The molecule has 0 saturated heterocycles. The van der Waals surface area contributed by atoms with Crippen molar-refractivity contribution in [2.45, 2.75) is 13.8 Å². The molecule has 66 valence electrons. The lowest BCUT2D eigenvalue weighted by molar-refractivity contribution is 0.408. The Kier molecular flexibility index (Phi) is 5.94. The van der Waals surface area contributed by atoms with Crippen LogP contribution in [0.25, 0.3) is 0 Å². The zero-order valence-electron chi connectivity index (χ0n) is 8.17. The molecule has 0 aromatic rings. The molecule has 0 fully saturated rings. The van der Waals surface area contributed by atoms with E-state index in [1.807, 2.05) is 0 Å². The third-order valence-corrected chi connectivity index (χ3v) is 1.60. The minimum atomic E-state index is 1.02. The maximum Gasteiger partial charge on any atom is 0.0174 e. The Morgan fingerprint density at radius 3 is 2.00 bits per heavy atom. The highest BCUT2D eigenvalue weighted by atomic mass is 15.1. The van der Waals surface area contributed by atoms with E-state index in [-0.39, 0.29) is 0 Å². The van der Waals surface area contributed by atoms with Crippen molar-refractivity contribution in [2.24, 2.45) is 0 Å². The van der Waals surface area contributed by atoms with Crippen molar-refractivity contribution in [3.05, 3.63) is 12.3 Å². The predicted octanol–water partition coefficient (Wildman–Crippen LogP) is 1.40. The van der Waals surface area contributed by atoms with Crippen LogP contribution < -0.4 is 0 Å². The largest absolute Gasteiger partial charge is 0.378 e. The Hall–Kier alpha value is -0.500. The van der Waals surface area contributed by atoms with Gasteiger partial charge in [0.2, 0.25) is 0 Å². The highest BCUT2D eigenvalue weighted by Crippen LogP contribution is 1.88. The van der Waals surface area contributed by atoms with Gasteiger partial charge in [-0.1, -0.05) is 6.08 Å². The molecule has 0 rings (SSSR count). The zero-order chi connectivity index (χ0) is 8.69. The van der Waals surface area contributed by atoms with Crippen LogP contribution in [-0.2, 0) is 0 Å². The molecular weight excluding hydrogens is 136 g/mol. The summed E-state index contributed by atoms with van der Waals surface area (Å²) in [5.74, 6) is 0. The van der Waals surface area contributed by atoms with Gasteiger partial charge in [-0.15, -0.1) is 0 Å². The fourth-order valence-electron chi connectivity index (χ4n) is 0.841. The van der Waals surface area contributed by atoms with Crippen molar-refractivity contribution >= 4 is 0 Å². The van der Waals surface area contributed by atoms with Gasteiger partial charge in [0, 0.05) is 19.6 Å². The van der Waals surface area contributed by atoms with Crippen LogP contribution in [0.4, 0.5) is 0 Å². The first-order chi connectivity index (χ1) is 5.20. The monoisotopic (exact) mass is 156 g/mol. The van der Waals surface area contributed by atoms with Gasteiger partial charge in [-0.25, -0.2) is 0 Å². The normalized spacial score (nSPS) is 11.4. The second-order valence-corrected chi connectivity index (χ2v) is 2.87. The summed E-state index contributed by atoms with van der Waals surface area (Å²) < 4.78 is 0. The van der Waals surface area contributed by atoms with Crippen LogP contribution in [-0.4, -0.2) is 43.5 Å². The van der Waals surface area contributed by atoms with Gasteiger partial charge in [-0.3, -0.25) is 0 Å². The van der Waals surface area contributed by atoms with Gasteiger partial charge in [0.1, 0.15) is 0 Å². The van der Waals surface area contributed by atoms with E-state index in [0.717, 1.165) is 19.6 Å². The van der Waals surface area contributed by atoms with Crippen LogP contribution in [0.5, 0.6) is 0 Å². The number of hydrogen-bond acceptors (Lipinski definition) is 2. The van der Waals surface area contributed by atoms with E-state index in [1.165, 1.54) is 0 Å². The lowest BCUT2D eigenvalue weighted by Gasteiger charge is -2.15. The van der Waals surface area contributed by atoms with Crippen molar-refractivity contribution in [1.82, 2.24) is 9.80 Å². The van der Waals surface area contributed by atoms with E-state index in [4.69, 9.17) is 0 Å². The molecule has 2 nitrogen and oxygen atoms in total. The fraction of sp³-hybridized carbons (Fsp3) is 0.778. The highest BCUT2D eigenvalue weighted by Gasteiger charge is 1.88. The lowest BCUT2D eigenvalue weighted by Crippen LogP contribution is -2.17. The van der Waals surface area contributed by atoms with Gasteiger partial charge >= 0.3 is 0 Å². The molecule has 0 aromatic carbocycles. The summed E-state index contributed by atoms with van der Waals surface area (Å²) in [7, 11) is 4.15. The quantitative estimate of drug-likeness (QED) is 0.593. The summed E-state index contributed by atoms with van der Waals surface area (Å²) in [5.41, 5.74) is 0. The first kappa shape index (κ1) is 10.5. The molecule has 0 bridgehead atoms. The molecule has 2 heteroatoms. The summed E-state index contributed by atoms with van der Waals surface area (Å²) in [4.78, 5) is 4.43. The summed E-state index contributed by atoms with van der Waals surface area (Å²) >= 11 is 0. The Morgan fingerprint density at radius 2 is 1.64 bits per heavy atom. The molecule has 0 heterocycles. The average Bonchev–Trinajstić information content (AvgIpc) is 1.98. The molecular formula is C9H20N2. The van der Waals surface area contributed by atoms with Crippen molar-refractivity contribution in [1.29, 1.82) is 0 Å². The van der Waals surface area contributed by atoms with Crippen LogP contribution >= 0.6 is 0 Å². The van der Waals surface area contributed by atoms with Crippen LogP contribution in [0.15, 0.2) is 12.3 Å². The first-order valence-electron chi connectivity index (χ1n) is 4.26. The van der Waals surface area contributed by atoms with Gasteiger partial charge in [-0.05, 0) is 34.1 Å². The average molecular weight is 156 g/mol. The fourth-order valence-corrected chi connectivity index (χ4v) is 0.841. The third kappa shape index (κ3) is 5.92. The van der Waals surface area contributed by atoms with Crippen molar-refractivity contribution in [3.8, 4) is 0 Å². The Morgan fingerprint density at radius 1 is 1.09 bits per heavy atom. The Balaban J connectivity index is 3.53. The van der Waals surface area contributed by atoms with E-state index in [0.29, 0.717) is 0 Å². The summed E-state index contributed by atoms with van der Waals surface area (Å²) in [6.07, 6.45) is 4.35. The second-order valence-electron chi connectivity index (χ2n) is 2.87. The topological polar surface area (TPSA) is 6.48 Å². The van der Waals surface area contributed by atoms with Crippen molar-refractivity contribution in [2.75, 3.05) is 33.7 Å². The highest BCUT2D eigenvalue weighted by molar-refractivity contribution is 4.83. The van der Waals surface area contributed by atoms with Gasteiger partial charge in [0.15, 0.2) is 0 Å². The third-order valence-electron chi connectivity index (χ3n) is 1.60. The Labute approximate surface area is 70.5 Å². The molecule has 0 radical (unpaired) electrons. The summed E-state index contributed by atoms with van der Waals surface area (Å²) in [6, 6.07) is 0. The lowest BCUT2D eigenvalue weighted by atomic mass is 10.5. The predicted molar refractivity (Wildman–Crippen MR) is 50.6 cm³/mol. The number of hydrogen-bond donors (Lipinski definition) is 0. The Bertz CT molecular complexity index is 104. The maximum absolute atomic E-state index is 2.28. The summed E-state index contributed by atoms with van der Waals surface area (Å²) in [6.45, 7) is 7.56. The number of rotatable bonds is 5. The van der Waals surface area contributed by atoms with Crippen LogP contribution in [0.3, 0.4) is 0 Å². The van der Waals surface area contributed by atoms with Crippen LogP contribution in [0.2, 0.25) is 0 Å². The van der Waals surface area contributed by atoms with Gasteiger partial charge in [0.25, 0.3) is 0 Å².